The van der Waals surface area contributed by atoms with Crippen LogP contribution in [0, 0.1) is 0 Å². The van der Waals surface area contributed by atoms with Gasteiger partial charge in [-0.3, -0.25) is 4.99 Å². The van der Waals surface area contributed by atoms with Crippen LogP contribution in [0.3, 0.4) is 0 Å². The van der Waals surface area contributed by atoms with Crippen molar-refractivity contribution in [3.05, 3.63) is 23.8 Å². The Bertz CT molecular complexity index is 747. The second-order valence-electron chi connectivity index (χ2n) is 5.76. The minimum atomic E-state index is -2.98. The molecule has 0 spiro atoms. The third kappa shape index (κ3) is 7.64. The third-order valence-electron chi connectivity index (χ3n) is 3.78. The molecule has 1 aliphatic heterocycles. The second-order valence-corrected chi connectivity index (χ2v) is 7.99. The summed E-state index contributed by atoms with van der Waals surface area (Å²) >= 11 is 0. The Kier molecular flexibility index (Phi) is 9.50. The first kappa shape index (κ1) is 23.7. The van der Waals surface area contributed by atoms with Gasteiger partial charge in [-0.15, -0.1) is 24.0 Å². The molecule has 27 heavy (non-hydrogen) atoms. The average molecular weight is 519 g/mol. The first-order chi connectivity index (χ1) is 12.3. The zero-order valence-electron chi connectivity index (χ0n) is 15.1. The van der Waals surface area contributed by atoms with Gasteiger partial charge in [-0.1, -0.05) is 6.07 Å². The molecule has 0 aromatic heterocycles. The van der Waals surface area contributed by atoms with Crippen LogP contribution in [0.25, 0.3) is 0 Å². The highest BCUT2D eigenvalue weighted by atomic mass is 127. The summed E-state index contributed by atoms with van der Waals surface area (Å²) in [5, 5.41) is 6.14. The van der Waals surface area contributed by atoms with E-state index in [0.717, 1.165) is 5.56 Å². The van der Waals surface area contributed by atoms with Crippen molar-refractivity contribution in [2.75, 3.05) is 25.2 Å². The predicted molar refractivity (Wildman–Crippen MR) is 110 cm³/mol. The number of benzene rings is 1. The number of hydrogen-bond acceptors (Lipinski definition) is 5. The van der Waals surface area contributed by atoms with Crippen molar-refractivity contribution in [2.24, 2.45) is 4.99 Å². The fraction of sp³-hybridized carbons (Fsp3) is 0.562. The van der Waals surface area contributed by atoms with Gasteiger partial charge in [-0.25, -0.2) is 8.42 Å². The Labute approximate surface area is 174 Å². The molecule has 1 aliphatic rings. The van der Waals surface area contributed by atoms with Gasteiger partial charge in [0.2, 0.25) is 0 Å². The van der Waals surface area contributed by atoms with Crippen LogP contribution in [0.4, 0.5) is 8.78 Å². The van der Waals surface area contributed by atoms with E-state index >= 15 is 0 Å². The molecular formula is C16H24F2IN3O4S. The fourth-order valence-corrected chi connectivity index (χ4v) is 4.28. The quantitative estimate of drug-likeness (QED) is 0.326. The van der Waals surface area contributed by atoms with Crippen molar-refractivity contribution >= 4 is 39.8 Å². The fourth-order valence-electron chi connectivity index (χ4n) is 2.61. The third-order valence-corrected chi connectivity index (χ3v) is 5.55. The number of ether oxygens (including phenoxy) is 2. The molecule has 154 valence electrons. The molecule has 0 bridgehead atoms. The number of hydrogen-bond donors (Lipinski definition) is 2. The van der Waals surface area contributed by atoms with E-state index in [1.165, 1.54) is 6.07 Å². The number of nitrogens with one attached hydrogen (secondary N) is 2. The van der Waals surface area contributed by atoms with Gasteiger partial charge in [0.25, 0.3) is 0 Å². The van der Waals surface area contributed by atoms with Crippen LogP contribution in [0.2, 0.25) is 0 Å². The molecule has 1 aromatic rings. The highest BCUT2D eigenvalue weighted by Crippen LogP contribution is 2.29. The Hall–Kier alpha value is -1.37. The number of guanidine groups is 1. The monoisotopic (exact) mass is 519 g/mol. The summed E-state index contributed by atoms with van der Waals surface area (Å²) in [6.07, 6.45) is 0.539. The topological polar surface area (TPSA) is 89.0 Å². The molecule has 0 aliphatic carbocycles. The van der Waals surface area contributed by atoms with Gasteiger partial charge >= 0.3 is 6.61 Å². The zero-order chi connectivity index (χ0) is 19.2. The molecule has 1 saturated heterocycles. The smallest absolute Gasteiger partial charge is 0.387 e. The van der Waals surface area contributed by atoms with Gasteiger partial charge in [-0.05, 0) is 31.0 Å². The van der Waals surface area contributed by atoms with Gasteiger partial charge in [0.05, 0.1) is 18.1 Å². The van der Waals surface area contributed by atoms with Crippen molar-refractivity contribution in [1.82, 2.24) is 10.6 Å². The molecular weight excluding hydrogens is 495 g/mol. The summed E-state index contributed by atoms with van der Waals surface area (Å²) in [5.41, 5.74) is 0.775. The lowest BCUT2D eigenvalue weighted by molar-refractivity contribution is -0.0514. The first-order valence-corrected chi connectivity index (χ1v) is 10.0. The normalized spacial score (nSPS) is 18.7. The number of halogens is 3. The largest absolute Gasteiger partial charge is 0.490 e. The SMILES string of the molecule is CCOc1cc(CNC(=NC)NC2CCS(=O)(=O)C2)ccc1OC(F)F.I. The van der Waals surface area contributed by atoms with E-state index < -0.39 is 16.4 Å². The highest BCUT2D eigenvalue weighted by molar-refractivity contribution is 14.0. The van der Waals surface area contributed by atoms with Crippen LogP contribution in [-0.4, -0.2) is 52.2 Å². The molecule has 0 amide bonds. The van der Waals surface area contributed by atoms with Gasteiger partial charge in [0.1, 0.15) is 0 Å². The van der Waals surface area contributed by atoms with E-state index in [1.54, 1.807) is 26.1 Å². The van der Waals surface area contributed by atoms with E-state index in [-0.39, 0.29) is 53.0 Å². The maximum absolute atomic E-state index is 12.4. The molecule has 1 heterocycles. The number of nitrogens with zero attached hydrogens (tertiary/aromatic N) is 1. The Morgan fingerprint density at radius 1 is 1.37 bits per heavy atom. The van der Waals surface area contributed by atoms with E-state index in [0.29, 0.717) is 25.5 Å². The number of sulfone groups is 1. The van der Waals surface area contributed by atoms with Crippen molar-refractivity contribution < 1.29 is 26.7 Å². The number of aliphatic imine (C=N–C) groups is 1. The van der Waals surface area contributed by atoms with Gasteiger partial charge < -0.3 is 20.1 Å². The lowest BCUT2D eigenvalue weighted by Crippen LogP contribution is -2.43. The van der Waals surface area contributed by atoms with Gasteiger partial charge in [0, 0.05) is 19.6 Å². The Morgan fingerprint density at radius 3 is 2.67 bits per heavy atom. The molecule has 2 rings (SSSR count). The zero-order valence-corrected chi connectivity index (χ0v) is 18.2. The van der Waals surface area contributed by atoms with E-state index in [9.17, 15) is 17.2 Å². The van der Waals surface area contributed by atoms with Crippen LogP contribution >= 0.6 is 24.0 Å². The predicted octanol–water partition coefficient (Wildman–Crippen LogP) is 2.16. The molecule has 1 aromatic carbocycles. The Balaban J connectivity index is 0.00000364. The molecule has 7 nitrogen and oxygen atoms in total. The van der Waals surface area contributed by atoms with Crippen LogP contribution in [0.1, 0.15) is 18.9 Å². The van der Waals surface area contributed by atoms with Crippen molar-refractivity contribution in [2.45, 2.75) is 32.5 Å². The first-order valence-electron chi connectivity index (χ1n) is 8.21. The minimum Gasteiger partial charge on any atom is -0.490 e. The summed E-state index contributed by atoms with van der Waals surface area (Å²) in [4.78, 5) is 4.07. The molecule has 2 N–H and O–H groups in total. The van der Waals surface area contributed by atoms with Gasteiger partial charge in [0.15, 0.2) is 27.3 Å². The molecule has 0 saturated carbocycles. The summed E-state index contributed by atoms with van der Waals surface area (Å²) in [6.45, 7) is -0.508. The van der Waals surface area contributed by atoms with Gasteiger partial charge in [-0.2, -0.15) is 8.78 Å². The molecule has 1 fully saturated rings. The van der Waals surface area contributed by atoms with Crippen LogP contribution in [0.15, 0.2) is 23.2 Å². The number of alkyl halides is 2. The maximum Gasteiger partial charge on any atom is 0.387 e. The number of rotatable bonds is 7. The Morgan fingerprint density at radius 2 is 2.11 bits per heavy atom. The van der Waals surface area contributed by atoms with Crippen LogP contribution in [0.5, 0.6) is 11.5 Å². The maximum atomic E-state index is 12.4. The summed E-state index contributed by atoms with van der Waals surface area (Å²) in [6, 6.07) is 4.50. The summed E-state index contributed by atoms with van der Waals surface area (Å²) < 4.78 is 57.7. The highest BCUT2D eigenvalue weighted by Gasteiger charge is 2.28. The molecule has 1 atom stereocenters. The molecule has 0 radical (unpaired) electrons. The van der Waals surface area contributed by atoms with Crippen molar-refractivity contribution in [3.63, 3.8) is 0 Å². The molecule has 11 heteroatoms. The van der Waals surface area contributed by atoms with Crippen molar-refractivity contribution in [3.8, 4) is 11.5 Å². The lowest BCUT2D eigenvalue weighted by atomic mass is 10.2. The van der Waals surface area contributed by atoms with Crippen LogP contribution in [-0.2, 0) is 16.4 Å². The van der Waals surface area contributed by atoms with Crippen LogP contribution < -0.4 is 20.1 Å². The van der Waals surface area contributed by atoms with Crippen molar-refractivity contribution in [1.29, 1.82) is 0 Å². The van der Waals surface area contributed by atoms with E-state index in [2.05, 4.69) is 20.4 Å². The van der Waals surface area contributed by atoms with E-state index in [1.807, 2.05) is 0 Å². The standard InChI is InChI=1S/C16H23F2N3O4S.HI/c1-3-24-14-8-11(4-5-13(14)25-15(17)18)9-20-16(19-2)21-12-6-7-26(22,23)10-12;/h4-5,8,12,15H,3,6-7,9-10H2,1-2H3,(H2,19,20,21);1H. The summed E-state index contributed by atoms with van der Waals surface area (Å²) in [7, 11) is -1.39. The average Bonchev–Trinajstić information content (AvgIpc) is 2.92. The molecule has 1 unspecified atom stereocenters. The lowest BCUT2D eigenvalue weighted by Gasteiger charge is -2.17. The summed E-state index contributed by atoms with van der Waals surface area (Å²) in [5.74, 6) is 0.937. The minimum absolute atomic E-state index is 0. The van der Waals surface area contributed by atoms with E-state index in [4.69, 9.17) is 4.74 Å². The second kappa shape index (κ2) is 10.8.